The molecular formula is C9H4O2S. The summed E-state index contributed by atoms with van der Waals surface area (Å²) in [5.74, 6) is 1.53. The third-order valence-corrected chi connectivity index (χ3v) is 2.47. The maximum absolute atomic E-state index is 5.25. The fourth-order valence-corrected chi connectivity index (χ4v) is 1.79. The molecule has 3 heteroatoms. The molecule has 0 spiro atoms. The Bertz CT molecular complexity index is 422. The average molecular weight is 176 g/mol. The predicted octanol–water partition coefficient (Wildman–Crippen LogP) is 2.62. The summed E-state index contributed by atoms with van der Waals surface area (Å²) in [5.41, 5.74) is 1.94. The highest BCUT2D eigenvalue weighted by Crippen LogP contribution is 2.38. The number of fused-ring (bicyclic) bond motifs is 3. The molecule has 0 N–H and O–H groups in total. The van der Waals surface area contributed by atoms with E-state index in [2.05, 4.69) is 0 Å². The molecule has 0 bridgehead atoms. The Labute approximate surface area is 73.8 Å². The van der Waals surface area contributed by atoms with Crippen molar-refractivity contribution < 1.29 is 8.83 Å². The minimum absolute atomic E-state index is 0.764. The van der Waals surface area contributed by atoms with Crippen molar-refractivity contribution in [2.75, 3.05) is 0 Å². The fourth-order valence-electron chi connectivity index (χ4n) is 1.47. The zero-order chi connectivity index (χ0) is 8.13. The van der Waals surface area contributed by atoms with E-state index in [1.165, 1.54) is 0 Å². The summed E-state index contributed by atoms with van der Waals surface area (Å²) in [7, 11) is 0. The number of thiocarbonyl (C=S) groups is 1. The summed E-state index contributed by atoms with van der Waals surface area (Å²) in [6.07, 6.45) is 3.25. The van der Waals surface area contributed by atoms with Gasteiger partial charge in [0, 0.05) is 11.1 Å². The second kappa shape index (κ2) is 1.87. The summed E-state index contributed by atoms with van der Waals surface area (Å²) in [6, 6.07) is 3.74. The molecule has 2 aromatic heterocycles. The number of hydrogen-bond donors (Lipinski definition) is 0. The molecule has 0 saturated heterocycles. The normalized spacial score (nSPS) is 13.2. The highest BCUT2D eigenvalue weighted by molar-refractivity contribution is 7.81. The number of rotatable bonds is 0. The molecule has 58 valence electrons. The summed E-state index contributed by atoms with van der Waals surface area (Å²) >= 11 is 5.22. The van der Waals surface area contributed by atoms with Crippen molar-refractivity contribution in [2.45, 2.75) is 0 Å². The van der Waals surface area contributed by atoms with Crippen LogP contribution in [0.4, 0.5) is 0 Å². The van der Waals surface area contributed by atoms with Crippen LogP contribution in [-0.2, 0) is 0 Å². The molecule has 0 unspecified atom stereocenters. The molecule has 0 aromatic carbocycles. The van der Waals surface area contributed by atoms with Gasteiger partial charge in [0.05, 0.1) is 17.4 Å². The van der Waals surface area contributed by atoms with Crippen LogP contribution in [0.25, 0.3) is 11.5 Å². The summed E-state index contributed by atoms with van der Waals surface area (Å²) in [5, 5.41) is 0. The number of hydrogen-bond acceptors (Lipinski definition) is 3. The summed E-state index contributed by atoms with van der Waals surface area (Å²) < 4.78 is 10.5. The molecule has 0 saturated carbocycles. The average Bonchev–Trinajstić information content (AvgIpc) is 2.72. The Kier molecular flexibility index (Phi) is 0.966. The second-order valence-corrected chi connectivity index (χ2v) is 3.06. The topological polar surface area (TPSA) is 26.3 Å². The summed E-state index contributed by atoms with van der Waals surface area (Å²) in [4.78, 5) is 0.822. The Morgan fingerprint density at radius 3 is 1.92 bits per heavy atom. The van der Waals surface area contributed by atoms with Crippen molar-refractivity contribution in [1.29, 1.82) is 0 Å². The third-order valence-electron chi connectivity index (χ3n) is 2.03. The van der Waals surface area contributed by atoms with Crippen molar-refractivity contribution in [3.8, 4) is 11.5 Å². The molecular weight excluding hydrogens is 172 g/mol. The molecule has 2 nitrogen and oxygen atoms in total. The lowest BCUT2D eigenvalue weighted by atomic mass is 10.2. The first-order chi connectivity index (χ1) is 5.88. The zero-order valence-electron chi connectivity index (χ0n) is 6.03. The molecule has 2 heterocycles. The smallest absolute Gasteiger partial charge is 0.178 e. The van der Waals surface area contributed by atoms with Gasteiger partial charge in [-0.15, -0.1) is 0 Å². The summed E-state index contributed by atoms with van der Waals surface area (Å²) in [6.45, 7) is 0. The Hall–Kier alpha value is -1.35. The second-order valence-electron chi connectivity index (χ2n) is 2.66. The van der Waals surface area contributed by atoms with E-state index in [9.17, 15) is 0 Å². The lowest BCUT2D eigenvalue weighted by Gasteiger charge is -1.85. The van der Waals surface area contributed by atoms with Crippen LogP contribution in [0, 0.1) is 0 Å². The first kappa shape index (κ1) is 6.20. The van der Waals surface area contributed by atoms with Crippen LogP contribution in [0.5, 0.6) is 0 Å². The van der Waals surface area contributed by atoms with Crippen molar-refractivity contribution >= 4 is 17.1 Å². The van der Waals surface area contributed by atoms with Gasteiger partial charge in [-0.1, -0.05) is 12.2 Å². The van der Waals surface area contributed by atoms with E-state index < -0.39 is 0 Å². The highest BCUT2D eigenvalue weighted by atomic mass is 32.1. The van der Waals surface area contributed by atoms with E-state index in [-0.39, 0.29) is 0 Å². The molecule has 0 atom stereocenters. The van der Waals surface area contributed by atoms with E-state index in [1.54, 1.807) is 12.5 Å². The van der Waals surface area contributed by atoms with Crippen LogP contribution in [-0.4, -0.2) is 4.86 Å². The standard InChI is InChI=1S/C9H4O2S/c12-9-5-1-3-10-7(5)8-6(9)2-4-11-8/h1-4H. The quantitative estimate of drug-likeness (QED) is 0.492. The highest BCUT2D eigenvalue weighted by Gasteiger charge is 2.29. The van der Waals surface area contributed by atoms with E-state index in [1.807, 2.05) is 12.1 Å². The molecule has 1 aliphatic rings. The van der Waals surface area contributed by atoms with Crippen LogP contribution in [0.1, 0.15) is 11.1 Å². The zero-order valence-corrected chi connectivity index (χ0v) is 6.85. The Morgan fingerprint density at radius 1 is 0.917 bits per heavy atom. The van der Waals surface area contributed by atoms with Gasteiger partial charge in [0.1, 0.15) is 0 Å². The molecule has 3 rings (SSSR count). The van der Waals surface area contributed by atoms with Crippen molar-refractivity contribution in [1.82, 2.24) is 0 Å². The van der Waals surface area contributed by atoms with E-state index in [0.717, 1.165) is 27.5 Å². The van der Waals surface area contributed by atoms with Gasteiger partial charge in [-0.2, -0.15) is 0 Å². The van der Waals surface area contributed by atoms with Gasteiger partial charge in [0.15, 0.2) is 11.5 Å². The van der Waals surface area contributed by atoms with Crippen molar-refractivity contribution in [2.24, 2.45) is 0 Å². The SMILES string of the molecule is S=C1c2ccoc2-c2occc21. The maximum atomic E-state index is 5.25. The Morgan fingerprint density at radius 2 is 1.42 bits per heavy atom. The van der Waals surface area contributed by atoms with E-state index in [4.69, 9.17) is 21.1 Å². The lowest BCUT2D eigenvalue weighted by molar-refractivity contribution is 0.525. The van der Waals surface area contributed by atoms with Crippen molar-refractivity contribution in [3.63, 3.8) is 0 Å². The number of furan rings is 2. The van der Waals surface area contributed by atoms with Gasteiger partial charge in [0.2, 0.25) is 0 Å². The maximum Gasteiger partial charge on any atom is 0.178 e. The minimum Gasteiger partial charge on any atom is -0.460 e. The van der Waals surface area contributed by atoms with Gasteiger partial charge in [-0.05, 0) is 12.1 Å². The molecule has 0 amide bonds. The van der Waals surface area contributed by atoms with Gasteiger partial charge in [-0.25, -0.2) is 0 Å². The lowest BCUT2D eigenvalue weighted by Crippen LogP contribution is -1.88. The predicted molar refractivity (Wildman–Crippen MR) is 47.2 cm³/mol. The van der Waals surface area contributed by atoms with Crippen molar-refractivity contribution in [3.05, 3.63) is 35.8 Å². The molecule has 0 aliphatic heterocycles. The molecule has 2 aromatic rings. The monoisotopic (exact) mass is 176 g/mol. The van der Waals surface area contributed by atoms with Crippen LogP contribution in [0.3, 0.4) is 0 Å². The first-order valence-corrected chi connectivity index (χ1v) is 3.99. The first-order valence-electron chi connectivity index (χ1n) is 3.58. The van der Waals surface area contributed by atoms with Gasteiger partial charge >= 0.3 is 0 Å². The van der Waals surface area contributed by atoms with Crippen LogP contribution in [0.2, 0.25) is 0 Å². The van der Waals surface area contributed by atoms with Crippen LogP contribution in [0.15, 0.2) is 33.5 Å². The molecule has 0 radical (unpaired) electrons. The third kappa shape index (κ3) is 0.539. The van der Waals surface area contributed by atoms with Gasteiger partial charge < -0.3 is 8.83 Å². The molecule has 12 heavy (non-hydrogen) atoms. The molecule has 1 aliphatic carbocycles. The van der Waals surface area contributed by atoms with Crippen LogP contribution < -0.4 is 0 Å². The Balaban J connectivity index is 2.47. The van der Waals surface area contributed by atoms with E-state index in [0.29, 0.717) is 0 Å². The van der Waals surface area contributed by atoms with Gasteiger partial charge in [0.25, 0.3) is 0 Å². The fraction of sp³-hybridized carbons (Fsp3) is 0. The minimum atomic E-state index is 0.764. The molecule has 0 fully saturated rings. The largest absolute Gasteiger partial charge is 0.460 e. The van der Waals surface area contributed by atoms with E-state index >= 15 is 0 Å². The van der Waals surface area contributed by atoms with Gasteiger partial charge in [-0.3, -0.25) is 0 Å². The van der Waals surface area contributed by atoms with Crippen LogP contribution >= 0.6 is 12.2 Å².